The molecule has 0 N–H and O–H groups in total. The highest BCUT2D eigenvalue weighted by Gasteiger charge is 2.06. The molecule has 104 valence electrons. The van der Waals surface area contributed by atoms with Crippen LogP contribution in [0.15, 0.2) is 73.1 Å². The van der Waals surface area contributed by atoms with Gasteiger partial charge in [-0.05, 0) is 5.56 Å². The van der Waals surface area contributed by atoms with Crippen LogP contribution in [-0.2, 0) is 6.54 Å². The summed E-state index contributed by atoms with van der Waals surface area (Å²) in [5.41, 5.74) is 3.31. The van der Waals surface area contributed by atoms with Crippen molar-refractivity contribution in [2.24, 2.45) is 0 Å². The van der Waals surface area contributed by atoms with E-state index in [1.54, 1.807) is 6.33 Å². The molecule has 3 rings (SSSR count). The Morgan fingerprint density at radius 1 is 0.857 bits per heavy atom. The Labute approximate surface area is 124 Å². The van der Waals surface area contributed by atoms with Crippen molar-refractivity contribution in [1.29, 1.82) is 0 Å². The molecule has 0 saturated carbocycles. The number of aromatic nitrogens is 2. The molecule has 0 spiro atoms. The van der Waals surface area contributed by atoms with Crippen LogP contribution in [0.4, 0.5) is 5.82 Å². The van der Waals surface area contributed by atoms with Gasteiger partial charge in [0, 0.05) is 25.2 Å². The molecular weight excluding hydrogens is 258 g/mol. The third-order valence-corrected chi connectivity index (χ3v) is 3.38. The van der Waals surface area contributed by atoms with Gasteiger partial charge in [-0.3, -0.25) is 0 Å². The summed E-state index contributed by atoms with van der Waals surface area (Å²) in [5, 5.41) is 0. The van der Waals surface area contributed by atoms with E-state index >= 15 is 0 Å². The molecule has 0 radical (unpaired) electrons. The third kappa shape index (κ3) is 3.26. The first-order valence-corrected chi connectivity index (χ1v) is 6.95. The molecule has 1 aromatic heterocycles. The van der Waals surface area contributed by atoms with Gasteiger partial charge < -0.3 is 4.90 Å². The van der Waals surface area contributed by atoms with Gasteiger partial charge in [0.1, 0.15) is 12.1 Å². The molecule has 3 heteroatoms. The molecule has 0 atom stereocenters. The van der Waals surface area contributed by atoms with E-state index in [0.717, 1.165) is 23.6 Å². The molecule has 3 nitrogen and oxygen atoms in total. The van der Waals surface area contributed by atoms with Crippen molar-refractivity contribution < 1.29 is 0 Å². The Balaban J connectivity index is 1.83. The maximum Gasteiger partial charge on any atom is 0.132 e. The summed E-state index contributed by atoms with van der Waals surface area (Å²) in [6.07, 6.45) is 1.62. The summed E-state index contributed by atoms with van der Waals surface area (Å²) in [6, 6.07) is 22.6. The van der Waals surface area contributed by atoms with E-state index in [2.05, 4.69) is 51.3 Å². The second-order valence-electron chi connectivity index (χ2n) is 4.97. The van der Waals surface area contributed by atoms with Gasteiger partial charge in [-0.25, -0.2) is 9.97 Å². The van der Waals surface area contributed by atoms with E-state index < -0.39 is 0 Å². The van der Waals surface area contributed by atoms with Crippen LogP contribution in [0.2, 0.25) is 0 Å². The van der Waals surface area contributed by atoms with Crippen LogP contribution < -0.4 is 4.90 Å². The normalized spacial score (nSPS) is 10.3. The molecule has 3 aromatic rings. The maximum absolute atomic E-state index is 4.38. The smallest absolute Gasteiger partial charge is 0.132 e. The first-order chi connectivity index (χ1) is 10.3. The number of nitrogens with zero attached hydrogens (tertiary/aromatic N) is 3. The molecule has 0 aliphatic heterocycles. The van der Waals surface area contributed by atoms with E-state index in [-0.39, 0.29) is 0 Å². The lowest BCUT2D eigenvalue weighted by Gasteiger charge is -2.18. The monoisotopic (exact) mass is 275 g/mol. The van der Waals surface area contributed by atoms with Gasteiger partial charge in [-0.1, -0.05) is 60.7 Å². The van der Waals surface area contributed by atoms with Crippen LogP contribution in [0.3, 0.4) is 0 Å². The fourth-order valence-corrected chi connectivity index (χ4v) is 2.26. The number of benzene rings is 2. The van der Waals surface area contributed by atoms with E-state index in [4.69, 9.17) is 0 Å². The molecule has 2 aromatic carbocycles. The van der Waals surface area contributed by atoms with Crippen molar-refractivity contribution in [3.63, 3.8) is 0 Å². The van der Waals surface area contributed by atoms with Gasteiger partial charge in [0.05, 0.1) is 5.69 Å². The summed E-state index contributed by atoms with van der Waals surface area (Å²) in [7, 11) is 2.05. The van der Waals surface area contributed by atoms with E-state index in [1.165, 1.54) is 5.56 Å². The minimum Gasteiger partial charge on any atom is -0.355 e. The molecule has 21 heavy (non-hydrogen) atoms. The molecule has 0 aliphatic rings. The number of anilines is 1. The molecule has 0 unspecified atom stereocenters. The van der Waals surface area contributed by atoms with Crippen molar-refractivity contribution in [1.82, 2.24) is 9.97 Å². The van der Waals surface area contributed by atoms with Crippen LogP contribution in [0.5, 0.6) is 0 Å². The van der Waals surface area contributed by atoms with Crippen molar-refractivity contribution in [3.05, 3.63) is 78.6 Å². The second kappa shape index (κ2) is 6.18. The van der Waals surface area contributed by atoms with Gasteiger partial charge in [0.2, 0.25) is 0 Å². The van der Waals surface area contributed by atoms with Gasteiger partial charge >= 0.3 is 0 Å². The minimum absolute atomic E-state index is 0.825. The Hall–Kier alpha value is -2.68. The Kier molecular flexibility index (Phi) is 3.92. The maximum atomic E-state index is 4.38. The minimum atomic E-state index is 0.825. The number of hydrogen-bond acceptors (Lipinski definition) is 3. The Bertz CT molecular complexity index is 696. The van der Waals surface area contributed by atoms with Gasteiger partial charge in [0.15, 0.2) is 0 Å². The zero-order valence-electron chi connectivity index (χ0n) is 12.0. The molecule has 0 aliphatic carbocycles. The lowest BCUT2D eigenvalue weighted by molar-refractivity contribution is 0.892. The SMILES string of the molecule is CN(Cc1ccccc1)c1cc(-c2ccccc2)ncn1. The van der Waals surface area contributed by atoms with E-state index in [1.807, 2.05) is 37.4 Å². The van der Waals surface area contributed by atoms with Gasteiger partial charge in [-0.2, -0.15) is 0 Å². The average Bonchev–Trinajstić information content (AvgIpc) is 2.57. The second-order valence-corrected chi connectivity index (χ2v) is 4.97. The van der Waals surface area contributed by atoms with Crippen LogP contribution in [0, 0.1) is 0 Å². The van der Waals surface area contributed by atoms with Crippen LogP contribution in [0.25, 0.3) is 11.3 Å². The number of rotatable bonds is 4. The first-order valence-electron chi connectivity index (χ1n) is 6.95. The molecule has 0 amide bonds. The lowest BCUT2D eigenvalue weighted by atomic mass is 10.1. The predicted octanol–water partition coefficient (Wildman–Crippen LogP) is 3.78. The number of hydrogen-bond donors (Lipinski definition) is 0. The van der Waals surface area contributed by atoms with Gasteiger partial charge in [-0.15, -0.1) is 0 Å². The fraction of sp³-hybridized carbons (Fsp3) is 0.111. The molecule has 0 saturated heterocycles. The summed E-state index contributed by atoms with van der Waals surface area (Å²) >= 11 is 0. The molecule has 1 heterocycles. The lowest BCUT2D eigenvalue weighted by Crippen LogP contribution is -2.17. The highest BCUT2D eigenvalue weighted by molar-refractivity contribution is 5.62. The first kappa shape index (κ1) is 13.3. The molecule has 0 fully saturated rings. The van der Waals surface area contributed by atoms with Crippen LogP contribution in [0.1, 0.15) is 5.56 Å². The highest BCUT2D eigenvalue weighted by Crippen LogP contribution is 2.20. The van der Waals surface area contributed by atoms with Crippen molar-refractivity contribution in [2.75, 3.05) is 11.9 Å². The Morgan fingerprint density at radius 3 is 2.24 bits per heavy atom. The van der Waals surface area contributed by atoms with Crippen molar-refractivity contribution in [2.45, 2.75) is 6.54 Å². The summed E-state index contributed by atoms with van der Waals surface area (Å²) in [4.78, 5) is 10.9. The molecule has 0 bridgehead atoms. The summed E-state index contributed by atoms with van der Waals surface area (Å²) < 4.78 is 0. The topological polar surface area (TPSA) is 29.0 Å². The average molecular weight is 275 g/mol. The molecular formula is C18H17N3. The predicted molar refractivity (Wildman–Crippen MR) is 86.0 cm³/mol. The zero-order valence-corrected chi connectivity index (χ0v) is 12.0. The van der Waals surface area contributed by atoms with E-state index in [0.29, 0.717) is 0 Å². The van der Waals surface area contributed by atoms with Crippen LogP contribution >= 0.6 is 0 Å². The van der Waals surface area contributed by atoms with Crippen molar-refractivity contribution >= 4 is 5.82 Å². The largest absolute Gasteiger partial charge is 0.355 e. The van der Waals surface area contributed by atoms with Crippen LogP contribution in [-0.4, -0.2) is 17.0 Å². The summed E-state index contributed by atoms with van der Waals surface area (Å²) in [5.74, 6) is 0.924. The van der Waals surface area contributed by atoms with E-state index in [9.17, 15) is 0 Å². The summed E-state index contributed by atoms with van der Waals surface area (Å²) in [6.45, 7) is 0.825. The Morgan fingerprint density at radius 2 is 1.52 bits per heavy atom. The quantitative estimate of drug-likeness (QED) is 0.725. The standard InChI is InChI=1S/C18H17N3/c1-21(13-15-8-4-2-5-9-15)18-12-17(19-14-20-18)16-10-6-3-7-11-16/h2-12,14H,13H2,1H3. The van der Waals surface area contributed by atoms with Gasteiger partial charge in [0.25, 0.3) is 0 Å². The van der Waals surface area contributed by atoms with Crippen molar-refractivity contribution in [3.8, 4) is 11.3 Å². The highest BCUT2D eigenvalue weighted by atomic mass is 15.2. The third-order valence-electron chi connectivity index (χ3n) is 3.38. The fourth-order valence-electron chi connectivity index (χ4n) is 2.26. The zero-order chi connectivity index (χ0) is 14.5.